The molecule has 1 saturated heterocycles. The first kappa shape index (κ1) is 18.4. The Bertz CT molecular complexity index is 1240. The van der Waals surface area contributed by atoms with Crippen molar-refractivity contribution in [3.63, 3.8) is 0 Å². The van der Waals surface area contributed by atoms with Crippen molar-refractivity contribution >= 4 is 35.1 Å². The average molecular weight is 464 g/mol. The van der Waals surface area contributed by atoms with Crippen LogP contribution in [-0.2, 0) is 33.2 Å². The quantitative estimate of drug-likeness (QED) is 0.665. The van der Waals surface area contributed by atoms with Crippen LogP contribution >= 0.6 is 11.6 Å². The first-order valence-corrected chi connectivity index (χ1v) is 10.0. The smallest absolute Gasteiger partial charge is 0.322 e. The summed E-state index contributed by atoms with van der Waals surface area (Å²) < 4.78 is 54.0. The van der Waals surface area contributed by atoms with Crippen molar-refractivity contribution in [1.82, 2.24) is 10.2 Å². The predicted octanol–water partition coefficient (Wildman–Crippen LogP) is 3.39. The summed E-state index contributed by atoms with van der Waals surface area (Å²) in [7, 11) is 0. The second-order valence-corrected chi connectivity index (χ2v) is 7.83. The van der Waals surface area contributed by atoms with E-state index >= 15 is 0 Å². The summed E-state index contributed by atoms with van der Waals surface area (Å²) in [5.74, 6) is -7.76. The second-order valence-electron chi connectivity index (χ2n) is 7.39. The molecule has 2 aliphatic rings. The van der Waals surface area contributed by atoms with Crippen molar-refractivity contribution in [1.29, 1.82) is 0 Å². The number of piperidine rings is 1. The number of nitrogens with one attached hydrogen (secondary N) is 1. The summed E-state index contributed by atoms with van der Waals surface area (Å²) in [6.07, 6.45) is -4.09. The molecule has 0 bridgehead atoms. The number of fused-ring (bicyclic) bond motifs is 1. The van der Waals surface area contributed by atoms with Crippen molar-refractivity contribution in [2.24, 2.45) is 0 Å². The maximum Gasteiger partial charge on any atom is 0.330 e. The second kappa shape index (κ2) is 8.43. The molecule has 0 spiro atoms. The number of halogens is 3. The molecule has 0 saturated carbocycles. The summed E-state index contributed by atoms with van der Waals surface area (Å²) >= 11 is 5.71. The number of nitrogens with zero attached hydrogens (tertiary/aromatic N) is 1. The van der Waals surface area contributed by atoms with Crippen LogP contribution in [0.15, 0.2) is 42.5 Å². The number of carbonyl (C=O) groups excluding carboxylic acids is 4. The van der Waals surface area contributed by atoms with E-state index in [-0.39, 0.29) is 22.7 Å². The van der Waals surface area contributed by atoms with Crippen molar-refractivity contribution in [2.45, 2.75) is 44.1 Å². The molecule has 2 aromatic carbocycles. The molecule has 2 aliphatic heterocycles. The van der Waals surface area contributed by atoms with Crippen LogP contribution in [0.1, 0.15) is 50.4 Å². The number of carbonyl (C=O) groups is 4. The summed E-state index contributed by atoms with van der Waals surface area (Å²) in [5, 5.41) is 2.22. The Kier molecular flexibility index (Phi) is 4.86. The molecule has 166 valence electrons. The minimum Gasteiger partial charge on any atom is -0.322 e. The fourth-order valence-corrected chi connectivity index (χ4v) is 3.70. The summed E-state index contributed by atoms with van der Waals surface area (Å²) in [6.45, 7) is -0.246. The van der Waals surface area contributed by atoms with Crippen molar-refractivity contribution < 1.29 is 32.1 Å². The van der Waals surface area contributed by atoms with E-state index in [1.807, 2.05) is 5.32 Å². The Labute approximate surface area is 191 Å². The number of imide groups is 1. The molecule has 2 aromatic rings. The Morgan fingerprint density at radius 1 is 1.25 bits per heavy atom. The molecule has 0 aromatic heterocycles. The first-order valence-electron chi connectivity index (χ1n) is 11.3. The van der Waals surface area contributed by atoms with Gasteiger partial charge < -0.3 is 4.90 Å². The molecular formula is C23H19ClF2N2O4. The molecule has 2 heterocycles. The minimum absolute atomic E-state index is 0.127. The van der Waals surface area contributed by atoms with Gasteiger partial charge in [0.15, 0.2) is 0 Å². The van der Waals surface area contributed by atoms with Gasteiger partial charge >= 0.3 is 5.92 Å². The topological polar surface area (TPSA) is 83.6 Å². The van der Waals surface area contributed by atoms with Gasteiger partial charge in [-0.15, -0.1) is 0 Å². The Balaban J connectivity index is 1.53. The molecule has 1 N–H and O–H groups in total. The van der Waals surface area contributed by atoms with Gasteiger partial charge in [0.05, 0.1) is 1.37 Å². The van der Waals surface area contributed by atoms with Crippen LogP contribution in [0.3, 0.4) is 0 Å². The van der Waals surface area contributed by atoms with Gasteiger partial charge in [0, 0.05) is 38.3 Å². The fraction of sp³-hybridized carbons (Fsp3) is 0.304. The Morgan fingerprint density at radius 3 is 2.66 bits per heavy atom. The van der Waals surface area contributed by atoms with Gasteiger partial charge in [-0.2, -0.15) is 8.78 Å². The normalized spacial score (nSPS) is 25.5. The summed E-state index contributed by atoms with van der Waals surface area (Å²) in [4.78, 5) is 50.0. The highest BCUT2D eigenvalue weighted by Gasteiger charge is 2.41. The largest absolute Gasteiger partial charge is 0.330 e. The van der Waals surface area contributed by atoms with Crippen molar-refractivity contribution in [3.8, 4) is 0 Å². The Morgan fingerprint density at radius 2 is 1.97 bits per heavy atom. The number of hydrogen-bond acceptors (Lipinski definition) is 4. The molecule has 32 heavy (non-hydrogen) atoms. The first-order chi connectivity index (χ1) is 16.4. The highest BCUT2D eigenvalue weighted by molar-refractivity contribution is 6.30. The van der Waals surface area contributed by atoms with Crippen LogP contribution in [0.5, 0.6) is 0 Å². The van der Waals surface area contributed by atoms with Crippen LogP contribution in [-0.4, -0.2) is 34.4 Å². The average Bonchev–Trinajstić information content (AvgIpc) is 3.13. The van der Waals surface area contributed by atoms with Gasteiger partial charge in [0.1, 0.15) is 6.02 Å². The predicted molar refractivity (Wildman–Crippen MR) is 111 cm³/mol. The molecule has 2 unspecified atom stereocenters. The van der Waals surface area contributed by atoms with Crippen molar-refractivity contribution in [2.75, 3.05) is 0 Å². The summed E-state index contributed by atoms with van der Waals surface area (Å²) in [5.41, 5.74) is 0.111. The molecule has 0 radical (unpaired) electrons. The van der Waals surface area contributed by atoms with Crippen LogP contribution in [0.4, 0.5) is 8.78 Å². The lowest BCUT2D eigenvalue weighted by Gasteiger charge is -2.29. The molecule has 9 heteroatoms. The fourth-order valence-electron chi connectivity index (χ4n) is 3.58. The number of rotatable bonds is 6. The van der Waals surface area contributed by atoms with Crippen molar-refractivity contribution in [3.05, 3.63) is 69.7 Å². The highest BCUT2D eigenvalue weighted by Crippen LogP contribution is 2.32. The number of ketones is 1. The molecular weight excluding hydrogens is 442 g/mol. The van der Waals surface area contributed by atoms with Gasteiger partial charge in [0.2, 0.25) is 17.6 Å². The maximum atomic E-state index is 14.6. The number of hydrogen-bond donors (Lipinski definition) is 1. The van der Waals surface area contributed by atoms with Gasteiger partial charge in [-0.3, -0.25) is 24.5 Å². The van der Waals surface area contributed by atoms with E-state index in [0.29, 0.717) is 5.56 Å². The zero-order valence-corrected chi connectivity index (χ0v) is 17.3. The molecule has 4 rings (SSSR count). The third-order valence-electron chi connectivity index (χ3n) is 5.27. The molecule has 0 aliphatic carbocycles. The van der Waals surface area contributed by atoms with E-state index in [2.05, 4.69) is 0 Å². The molecule has 3 atom stereocenters. The van der Waals surface area contributed by atoms with Gasteiger partial charge in [-0.05, 0) is 42.1 Å². The number of amides is 3. The van der Waals surface area contributed by atoms with E-state index in [1.165, 1.54) is 30.3 Å². The zero-order chi connectivity index (χ0) is 25.7. The zero-order valence-electron chi connectivity index (χ0n) is 19.5. The SMILES string of the molecule is [2H]C(CC(=O)C(F)(F)c1ccc(Cl)cc1)c1ccc2c(c1)CN([C@@]1([2H])C(=O)NC(=O)CC1[2H])C2=O. The number of alkyl halides is 2. The van der Waals surface area contributed by atoms with Gasteiger partial charge in [-0.1, -0.05) is 35.9 Å². The summed E-state index contributed by atoms with van der Waals surface area (Å²) in [6, 6.07) is 6.31. The van der Waals surface area contributed by atoms with Gasteiger partial charge in [-0.25, -0.2) is 0 Å². The molecule has 1 fully saturated rings. The number of Topliss-reactive ketones (excluding diaryl/α,β-unsaturated/α-hetero) is 1. The lowest BCUT2D eigenvalue weighted by atomic mass is 9.97. The maximum absolute atomic E-state index is 14.6. The molecule has 3 amide bonds. The van der Waals surface area contributed by atoms with E-state index in [1.54, 1.807) is 0 Å². The third kappa shape index (κ3) is 4.14. The van der Waals surface area contributed by atoms with E-state index < -0.39 is 66.6 Å². The minimum atomic E-state index is -3.82. The van der Waals surface area contributed by atoms with E-state index in [9.17, 15) is 28.0 Å². The standard InChI is InChI=1S/C23H19ClF2N2O4/c24-16-5-3-15(4-6-16)23(25,26)19(29)9-2-13-1-7-17-14(11-13)12-28(22(17)32)18-8-10-20(30)27-21(18)31/h1,3-7,11,18H,2,8-10,12H2,(H,27,30,31)/t18-/m1/s1/i2D,8D,18D/t2?,8?,18-. The van der Waals surface area contributed by atoms with E-state index in [4.69, 9.17) is 15.7 Å². The van der Waals surface area contributed by atoms with Crippen LogP contribution < -0.4 is 5.32 Å². The number of benzene rings is 2. The van der Waals surface area contributed by atoms with Crippen LogP contribution in [0, 0.1) is 0 Å². The van der Waals surface area contributed by atoms with E-state index in [0.717, 1.165) is 17.0 Å². The van der Waals surface area contributed by atoms with Gasteiger partial charge in [0.25, 0.3) is 5.91 Å². The third-order valence-corrected chi connectivity index (χ3v) is 5.52. The molecule has 6 nitrogen and oxygen atoms in total. The lowest BCUT2D eigenvalue weighted by molar-refractivity contribution is -0.144. The highest BCUT2D eigenvalue weighted by atomic mass is 35.5. The lowest BCUT2D eigenvalue weighted by Crippen LogP contribution is -2.52. The Hall–Kier alpha value is -3.13. The van der Waals surface area contributed by atoms with Crippen LogP contribution in [0.25, 0.3) is 0 Å². The monoisotopic (exact) mass is 463 g/mol. The number of aryl methyl sites for hydroxylation is 1. The van der Waals surface area contributed by atoms with Crippen LogP contribution in [0.2, 0.25) is 5.02 Å².